The SMILES string of the molecule is CS(=O)(=O)NC1C[C@H]2CC[C@@H](C1)N2Cc1ccc(Oc2nc3cc(F)ccc3s2)cc1. The van der Waals surface area contributed by atoms with Crippen LogP contribution in [0.3, 0.4) is 0 Å². The third kappa shape index (κ3) is 4.74. The van der Waals surface area contributed by atoms with Gasteiger partial charge in [0.25, 0.3) is 5.19 Å². The van der Waals surface area contributed by atoms with Crippen LogP contribution in [0.1, 0.15) is 31.2 Å². The molecule has 3 heterocycles. The van der Waals surface area contributed by atoms with Gasteiger partial charge in [0.2, 0.25) is 10.0 Å². The quantitative estimate of drug-likeness (QED) is 0.594. The number of ether oxygens (including phenoxy) is 1. The number of nitrogens with one attached hydrogen (secondary N) is 1. The van der Waals surface area contributed by atoms with Crippen molar-refractivity contribution in [2.75, 3.05) is 6.26 Å². The molecule has 2 aromatic carbocycles. The molecule has 2 bridgehead atoms. The van der Waals surface area contributed by atoms with Crippen LogP contribution in [0, 0.1) is 5.82 Å². The zero-order valence-electron chi connectivity index (χ0n) is 17.1. The van der Waals surface area contributed by atoms with Crippen molar-refractivity contribution in [3.63, 3.8) is 0 Å². The summed E-state index contributed by atoms with van der Waals surface area (Å²) in [6.45, 7) is 0.849. The van der Waals surface area contributed by atoms with Gasteiger partial charge in [0.15, 0.2) is 0 Å². The first kappa shape index (κ1) is 20.8. The molecule has 2 aliphatic rings. The van der Waals surface area contributed by atoms with Gasteiger partial charge in [-0.05, 0) is 55.5 Å². The van der Waals surface area contributed by atoms with E-state index < -0.39 is 10.0 Å². The first-order valence-electron chi connectivity index (χ1n) is 10.4. The molecule has 9 heteroatoms. The van der Waals surface area contributed by atoms with Crippen molar-refractivity contribution in [2.45, 2.75) is 50.4 Å². The van der Waals surface area contributed by atoms with E-state index in [1.165, 1.54) is 35.3 Å². The standard InChI is InChI=1S/C22H24FN3O3S2/c1-31(27,28)25-16-11-17-5-6-18(12-16)26(17)13-14-2-7-19(8-3-14)29-22-24-20-10-15(23)4-9-21(20)30-22/h2-4,7-10,16-18,25H,5-6,11-13H2,1H3/t16?,17-,18+. The highest BCUT2D eigenvalue weighted by Gasteiger charge is 2.41. The van der Waals surface area contributed by atoms with E-state index in [0.29, 0.717) is 28.5 Å². The van der Waals surface area contributed by atoms with Crippen LogP contribution in [-0.4, -0.2) is 42.7 Å². The molecular formula is C22H24FN3O3S2. The Hall–Kier alpha value is -2.07. The lowest BCUT2D eigenvalue weighted by Gasteiger charge is -2.39. The molecule has 1 unspecified atom stereocenters. The first-order valence-corrected chi connectivity index (χ1v) is 13.1. The van der Waals surface area contributed by atoms with Gasteiger partial charge >= 0.3 is 0 Å². The Labute approximate surface area is 185 Å². The summed E-state index contributed by atoms with van der Waals surface area (Å²) in [5, 5.41) is 0.492. The number of nitrogens with zero attached hydrogens (tertiary/aromatic N) is 2. The molecule has 0 radical (unpaired) electrons. The Balaban J connectivity index is 1.22. The van der Waals surface area contributed by atoms with Crippen molar-refractivity contribution in [3.8, 4) is 10.9 Å². The van der Waals surface area contributed by atoms with Gasteiger partial charge in [-0.2, -0.15) is 0 Å². The number of hydrogen-bond donors (Lipinski definition) is 1. The number of rotatable bonds is 6. The van der Waals surface area contributed by atoms with Crippen LogP contribution in [0.5, 0.6) is 10.9 Å². The highest BCUT2D eigenvalue weighted by atomic mass is 32.2. The van der Waals surface area contributed by atoms with Gasteiger partial charge in [-0.1, -0.05) is 23.5 Å². The van der Waals surface area contributed by atoms with Gasteiger partial charge < -0.3 is 4.74 Å². The fourth-order valence-corrected chi connectivity index (χ4v) is 6.44. The number of aromatic nitrogens is 1. The monoisotopic (exact) mass is 461 g/mol. The number of halogens is 1. The largest absolute Gasteiger partial charge is 0.431 e. The molecule has 6 nitrogen and oxygen atoms in total. The van der Waals surface area contributed by atoms with Crippen molar-refractivity contribution in [1.29, 1.82) is 0 Å². The smallest absolute Gasteiger partial charge is 0.279 e. The molecule has 3 atom stereocenters. The van der Waals surface area contributed by atoms with Crippen LogP contribution in [-0.2, 0) is 16.6 Å². The molecule has 5 rings (SSSR count). The number of hydrogen-bond acceptors (Lipinski definition) is 6. The van der Waals surface area contributed by atoms with Gasteiger partial charge in [-0.3, -0.25) is 4.90 Å². The van der Waals surface area contributed by atoms with Crippen molar-refractivity contribution >= 4 is 31.6 Å². The maximum Gasteiger partial charge on any atom is 0.279 e. The van der Waals surface area contributed by atoms with E-state index >= 15 is 0 Å². The second kappa shape index (κ2) is 8.12. The lowest BCUT2D eigenvalue weighted by Crippen LogP contribution is -2.49. The number of thiazole rings is 1. The Morgan fingerprint density at radius 1 is 1.16 bits per heavy atom. The van der Waals surface area contributed by atoms with Crippen molar-refractivity contribution in [1.82, 2.24) is 14.6 Å². The zero-order valence-corrected chi connectivity index (χ0v) is 18.8. The third-order valence-electron chi connectivity index (χ3n) is 6.09. The zero-order chi connectivity index (χ0) is 21.6. The molecule has 2 aliphatic heterocycles. The highest BCUT2D eigenvalue weighted by molar-refractivity contribution is 7.88. The van der Waals surface area contributed by atoms with E-state index in [9.17, 15) is 12.8 Å². The second-order valence-electron chi connectivity index (χ2n) is 8.45. The fraction of sp³-hybridized carbons (Fsp3) is 0.409. The van der Waals surface area contributed by atoms with Gasteiger partial charge in [0, 0.05) is 30.7 Å². The van der Waals surface area contributed by atoms with Crippen LogP contribution < -0.4 is 9.46 Å². The molecule has 31 heavy (non-hydrogen) atoms. The maximum absolute atomic E-state index is 13.4. The van der Waals surface area contributed by atoms with Crippen LogP contribution >= 0.6 is 11.3 Å². The van der Waals surface area contributed by atoms with Gasteiger partial charge in [-0.15, -0.1) is 0 Å². The van der Waals surface area contributed by atoms with E-state index in [4.69, 9.17) is 4.74 Å². The molecule has 0 aliphatic carbocycles. The van der Waals surface area contributed by atoms with E-state index in [0.717, 1.165) is 36.9 Å². The van der Waals surface area contributed by atoms with Crippen molar-refractivity contribution in [3.05, 3.63) is 53.8 Å². The Bertz CT molecular complexity index is 1180. The molecule has 0 spiro atoms. The third-order valence-corrected chi connectivity index (χ3v) is 7.76. The maximum atomic E-state index is 13.4. The summed E-state index contributed by atoms with van der Waals surface area (Å²) in [4.78, 5) is 6.86. The summed E-state index contributed by atoms with van der Waals surface area (Å²) in [6, 6.07) is 13.4. The summed E-state index contributed by atoms with van der Waals surface area (Å²) in [5.41, 5.74) is 1.80. The Kier molecular flexibility index (Phi) is 5.45. The molecule has 1 N–H and O–H groups in total. The summed E-state index contributed by atoms with van der Waals surface area (Å²) >= 11 is 1.39. The topological polar surface area (TPSA) is 71.5 Å². The molecule has 0 saturated carbocycles. The molecule has 164 valence electrons. The first-order chi connectivity index (χ1) is 14.8. The van der Waals surface area contributed by atoms with E-state index in [1.807, 2.05) is 12.1 Å². The molecule has 2 saturated heterocycles. The van der Waals surface area contributed by atoms with Crippen LogP contribution in [0.15, 0.2) is 42.5 Å². The Morgan fingerprint density at radius 3 is 2.55 bits per heavy atom. The number of piperidine rings is 1. The van der Waals surface area contributed by atoms with Crippen molar-refractivity contribution < 1.29 is 17.5 Å². The van der Waals surface area contributed by atoms with Crippen LogP contribution in [0.2, 0.25) is 0 Å². The van der Waals surface area contributed by atoms with Gasteiger partial charge in [0.05, 0.1) is 16.5 Å². The summed E-state index contributed by atoms with van der Waals surface area (Å²) < 4.78 is 46.1. The van der Waals surface area contributed by atoms with E-state index in [1.54, 1.807) is 6.07 Å². The second-order valence-corrected chi connectivity index (χ2v) is 11.2. The van der Waals surface area contributed by atoms with Gasteiger partial charge in [-0.25, -0.2) is 22.5 Å². The van der Waals surface area contributed by atoms with Crippen LogP contribution in [0.4, 0.5) is 4.39 Å². The predicted molar refractivity (Wildman–Crippen MR) is 119 cm³/mol. The van der Waals surface area contributed by atoms with Crippen LogP contribution in [0.25, 0.3) is 10.2 Å². The van der Waals surface area contributed by atoms with E-state index in [-0.39, 0.29) is 11.9 Å². The average molecular weight is 462 g/mol. The lowest BCUT2D eigenvalue weighted by atomic mass is 9.97. The highest BCUT2D eigenvalue weighted by Crippen LogP contribution is 2.37. The van der Waals surface area contributed by atoms with Crippen molar-refractivity contribution in [2.24, 2.45) is 0 Å². The summed E-state index contributed by atoms with van der Waals surface area (Å²) in [5.74, 6) is 0.390. The molecule has 1 aromatic heterocycles. The predicted octanol–water partition coefficient (Wildman–Crippen LogP) is 4.27. The normalized spacial score (nSPS) is 24.0. The number of fused-ring (bicyclic) bond motifs is 3. The Morgan fingerprint density at radius 2 is 1.87 bits per heavy atom. The summed E-state index contributed by atoms with van der Waals surface area (Å²) in [6.07, 6.45) is 5.20. The fourth-order valence-electron chi connectivity index (χ4n) is 4.83. The minimum Gasteiger partial charge on any atom is -0.431 e. The molecule has 0 amide bonds. The number of benzene rings is 2. The molecular weight excluding hydrogens is 437 g/mol. The number of sulfonamides is 1. The average Bonchev–Trinajstić information content (AvgIpc) is 3.18. The molecule has 3 aromatic rings. The molecule has 2 fully saturated rings. The lowest BCUT2D eigenvalue weighted by molar-refractivity contribution is 0.116. The minimum absolute atomic E-state index is 0.0433. The minimum atomic E-state index is -3.17. The van der Waals surface area contributed by atoms with E-state index in [2.05, 4.69) is 26.7 Å². The van der Waals surface area contributed by atoms with Gasteiger partial charge in [0.1, 0.15) is 11.6 Å². The summed E-state index contributed by atoms with van der Waals surface area (Å²) in [7, 11) is -3.17.